The molecule has 2 aliphatic rings. The lowest BCUT2D eigenvalue weighted by Gasteiger charge is -2.28. The number of nitrogens with two attached hydrogens (primary N) is 1. The Morgan fingerprint density at radius 2 is 2.19 bits per heavy atom. The van der Waals surface area contributed by atoms with Crippen molar-refractivity contribution in [1.82, 2.24) is 14.5 Å². The number of hydrogen-bond donors (Lipinski definition) is 7. The minimum atomic E-state index is -1.17. The lowest BCUT2D eigenvalue weighted by molar-refractivity contribution is -0.137. The van der Waals surface area contributed by atoms with Gasteiger partial charge in [-0.2, -0.15) is 0 Å². The van der Waals surface area contributed by atoms with E-state index in [9.17, 15) is 15.0 Å². The maximum Gasteiger partial charge on any atom is 0.303 e. The molecule has 0 aliphatic carbocycles. The molecule has 1 aromatic heterocycles. The van der Waals surface area contributed by atoms with E-state index >= 15 is 0 Å². The molecule has 1 saturated heterocycles. The molecule has 12 nitrogen and oxygen atoms in total. The number of nitrogens with zero attached hydrogens (tertiary/aromatic N) is 3. The number of aliphatic carboxylic acids is 1. The lowest BCUT2D eigenvalue weighted by Crippen LogP contribution is -2.38. The topological polar surface area (TPSA) is 190 Å². The van der Waals surface area contributed by atoms with Gasteiger partial charge in [0.15, 0.2) is 12.1 Å². The number of imidazole rings is 1. The highest BCUT2D eigenvalue weighted by atomic mass is 16.6. The van der Waals surface area contributed by atoms with E-state index in [1.807, 2.05) is 0 Å². The zero-order valence-corrected chi connectivity index (χ0v) is 14.9. The van der Waals surface area contributed by atoms with E-state index in [0.717, 1.165) is 0 Å². The molecule has 0 spiro atoms. The first kappa shape index (κ1) is 21.1. The van der Waals surface area contributed by atoms with Crippen LogP contribution in [0.4, 0.5) is 5.82 Å². The molecule has 3 heterocycles. The monoisotopic (exact) mass is 386 g/mol. The number of amidine groups is 1. The van der Waals surface area contributed by atoms with Crippen LogP contribution in [0.25, 0.3) is 0 Å². The Hall–Kier alpha value is -2.25. The number of aliphatic hydroxyl groups is 3. The van der Waals surface area contributed by atoms with Crippen LogP contribution >= 0.6 is 0 Å². The highest BCUT2D eigenvalue weighted by molar-refractivity contribution is 6.00. The number of hydrogen-bond acceptors (Lipinski definition) is 9. The fraction of sp³-hybridized carbons (Fsp3) is 0.667. The molecule has 27 heavy (non-hydrogen) atoms. The quantitative estimate of drug-likeness (QED) is 0.296. The third kappa shape index (κ3) is 4.54. The highest BCUT2D eigenvalue weighted by Gasteiger charge is 2.44. The van der Waals surface area contributed by atoms with Gasteiger partial charge in [0, 0.05) is 13.5 Å². The summed E-state index contributed by atoms with van der Waals surface area (Å²) in [6, 6.07) is 0. The van der Waals surface area contributed by atoms with E-state index in [2.05, 4.69) is 10.3 Å². The van der Waals surface area contributed by atoms with E-state index < -0.39 is 30.5 Å². The van der Waals surface area contributed by atoms with Gasteiger partial charge in [0.2, 0.25) is 0 Å². The van der Waals surface area contributed by atoms with E-state index in [4.69, 9.17) is 26.1 Å². The summed E-state index contributed by atoms with van der Waals surface area (Å²) < 4.78 is 7.00. The fourth-order valence-electron chi connectivity index (χ4n) is 2.72. The first-order valence-electron chi connectivity index (χ1n) is 8.46. The SMILES string of the molecule is CN1CNc2c(ncn2[C@@H]2O[C@H](CO)[C@@H](O)[C@H]2O)C1=N.NCCCC(=O)O. The second-order valence-electron chi connectivity index (χ2n) is 6.25. The number of nitrogens with one attached hydrogen (secondary N) is 2. The number of rotatable bonds is 5. The second-order valence-corrected chi connectivity index (χ2v) is 6.25. The summed E-state index contributed by atoms with van der Waals surface area (Å²) in [4.78, 5) is 15.5. The van der Waals surface area contributed by atoms with Crippen LogP contribution in [0.3, 0.4) is 0 Å². The molecule has 0 bridgehead atoms. The summed E-state index contributed by atoms with van der Waals surface area (Å²) in [5.41, 5.74) is 5.47. The van der Waals surface area contributed by atoms with Crippen molar-refractivity contribution in [2.75, 3.05) is 32.2 Å². The number of aliphatic hydroxyl groups excluding tert-OH is 3. The fourth-order valence-corrected chi connectivity index (χ4v) is 2.72. The predicted octanol–water partition coefficient (Wildman–Crippen LogP) is -2.06. The van der Waals surface area contributed by atoms with Gasteiger partial charge in [-0.25, -0.2) is 4.98 Å². The van der Waals surface area contributed by atoms with Crippen molar-refractivity contribution >= 4 is 17.6 Å². The van der Waals surface area contributed by atoms with Crippen LogP contribution in [0.1, 0.15) is 24.8 Å². The number of carboxylic acids is 1. The van der Waals surface area contributed by atoms with Gasteiger partial charge in [0.25, 0.3) is 0 Å². The maximum absolute atomic E-state index is 10.0. The first-order chi connectivity index (χ1) is 12.8. The molecule has 0 unspecified atom stereocenters. The van der Waals surface area contributed by atoms with Crippen molar-refractivity contribution < 1.29 is 30.0 Å². The molecule has 0 aromatic carbocycles. The van der Waals surface area contributed by atoms with Gasteiger partial charge in [0.05, 0.1) is 19.6 Å². The third-order valence-electron chi connectivity index (χ3n) is 4.27. The Morgan fingerprint density at radius 3 is 2.70 bits per heavy atom. The zero-order chi connectivity index (χ0) is 20.1. The summed E-state index contributed by atoms with van der Waals surface area (Å²) in [5.74, 6) is 0.0534. The molecular formula is C15H26N6O6. The Bertz CT molecular complexity index is 667. The van der Waals surface area contributed by atoms with Crippen molar-refractivity contribution in [3.8, 4) is 0 Å². The summed E-state index contributed by atoms with van der Waals surface area (Å²) in [5, 5.41) is 47.9. The Kier molecular flexibility index (Phi) is 7.10. The van der Waals surface area contributed by atoms with Gasteiger partial charge in [-0.05, 0) is 13.0 Å². The average Bonchev–Trinajstić information content (AvgIpc) is 3.19. The third-order valence-corrected chi connectivity index (χ3v) is 4.27. The average molecular weight is 386 g/mol. The van der Waals surface area contributed by atoms with Crippen LogP contribution in [0.15, 0.2) is 6.33 Å². The maximum atomic E-state index is 10.0. The summed E-state index contributed by atoms with van der Waals surface area (Å²) in [7, 11) is 1.77. The van der Waals surface area contributed by atoms with Gasteiger partial charge in [-0.15, -0.1) is 0 Å². The van der Waals surface area contributed by atoms with Crippen molar-refractivity contribution in [2.45, 2.75) is 37.4 Å². The van der Waals surface area contributed by atoms with Crippen LogP contribution in [0.2, 0.25) is 0 Å². The van der Waals surface area contributed by atoms with Gasteiger partial charge in [-0.3, -0.25) is 14.8 Å². The number of anilines is 1. The summed E-state index contributed by atoms with van der Waals surface area (Å²) in [6.45, 7) is 0.524. The standard InChI is InChI=1S/C11H17N5O4.C4H9NO2/c1-15-3-14-10-6(9(15)12)13-4-16(10)11-8(19)7(18)5(2-17)20-11;5-3-1-2-4(6)7/h4-5,7-8,11-12,14,17-19H,2-3H2,1H3;1-3,5H2,(H,6,7)/t5-,7-,8-,11-;/m1./s1. The van der Waals surface area contributed by atoms with E-state index in [-0.39, 0.29) is 18.9 Å². The molecule has 1 fully saturated rings. The Balaban J connectivity index is 0.000000321. The van der Waals surface area contributed by atoms with E-state index in [0.29, 0.717) is 31.1 Å². The molecule has 1 aromatic rings. The zero-order valence-electron chi connectivity index (χ0n) is 14.9. The molecule has 12 heteroatoms. The number of carboxylic acid groups (broad SMARTS) is 1. The molecule has 152 valence electrons. The molecule has 2 aliphatic heterocycles. The largest absolute Gasteiger partial charge is 0.481 e. The number of aromatic nitrogens is 2. The molecule has 4 atom stereocenters. The smallest absolute Gasteiger partial charge is 0.303 e. The van der Waals surface area contributed by atoms with E-state index in [1.165, 1.54) is 6.33 Å². The minimum Gasteiger partial charge on any atom is -0.481 e. The van der Waals surface area contributed by atoms with Crippen molar-refractivity contribution in [3.63, 3.8) is 0 Å². The first-order valence-corrected chi connectivity index (χ1v) is 8.46. The van der Waals surface area contributed by atoms with Crippen molar-refractivity contribution in [3.05, 3.63) is 12.0 Å². The predicted molar refractivity (Wildman–Crippen MR) is 94.2 cm³/mol. The summed E-state index contributed by atoms with van der Waals surface area (Å²) >= 11 is 0. The van der Waals surface area contributed by atoms with Gasteiger partial charge in [0.1, 0.15) is 29.8 Å². The van der Waals surface area contributed by atoms with Gasteiger partial charge < -0.3 is 41.1 Å². The molecule has 0 saturated carbocycles. The van der Waals surface area contributed by atoms with Crippen LogP contribution in [-0.4, -0.2) is 91.9 Å². The van der Waals surface area contributed by atoms with Crippen molar-refractivity contribution in [1.29, 1.82) is 5.41 Å². The van der Waals surface area contributed by atoms with Crippen LogP contribution < -0.4 is 11.1 Å². The van der Waals surface area contributed by atoms with Crippen molar-refractivity contribution in [2.24, 2.45) is 5.73 Å². The molecule has 8 N–H and O–H groups in total. The van der Waals surface area contributed by atoms with Gasteiger partial charge in [-0.1, -0.05) is 0 Å². The minimum absolute atomic E-state index is 0.191. The molecular weight excluding hydrogens is 360 g/mol. The highest BCUT2D eigenvalue weighted by Crippen LogP contribution is 2.33. The molecule has 0 radical (unpaired) electrons. The normalized spacial score (nSPS) is 26.9. The Morgan fingerprint density at radius 1 is 1.48 bits per heavy atom. The summed E-state index contributed by atoms with van der Waals surface area (Å²) in [6.07, 6.45) is -1.78. The second kappa shape index (κ2) is 9.10. The lowest BCUT2D eigenvalue weighted by atomic mass is 10.1. The van der Waals surface area contributed by atoms with Crippen LogP contribution in [0, 0.1) is 5.41 Å². The Labute approximate surface area is 155 Å². The van der Waals surface area contributed by atoms with Gasteiger partial charge >= 0.3 is 5.97 Å². The number of carbonyl (C=O) groups is 1. The van der Waals surface area contributed by atoms with Crippen LogP contribution in [0.5, 0.6) is 0 Å². The number of fused-ring (bicyclic) bond motifs is 1. The van der Waals surface area contributed by atoms with E-state index in [1.54, 1.807) is 16.5 Å². The number of ether oxygens (including phenoxy) is 1. The molecule has 0 amide bonds. The molecule has 3 rings (SSSR count). The van der Waals surface area contributed by atoms with Crippen LogP contribution in [-0.2, 0) is 9.53 Å².